The van der Waals surface area contributed by atoms with Crippen LogP contribution in [0.25, 0.3) is 0 Å². The van der Waals surface area contributed by atoms with Gasteiger partial charge in [0.15, 0.2) is 10.8 Å². The number of thiazole rings is 1. The number of carboxylic acids is 1. The molecule has 1 heterocycles. The van der Waals surface area contributed by atoms with Crippen molar-refractivity contribution < 1.29 is 29.3 Å². The number of carbonyl (C=O) groups excluding carboxylic acids is 2. The fourth-order valence-electron chi connectivity index (χ4n) is 2.08. The number of rotatable bonds is 7. The summed E-state index contributed by atoms with van der Waals surface area (Å²) in [5.41, 5.74) is 0.187. The fourth-order valence-corrected chi connectivity index (χ4v) is 2.94. The highest BCUT2D eigenvalue weighted by Gasteiger charge is 2.20. The molecule has 2 aromatic rings. The van der Waals surface area contributed by atoms with Gasteiger partial charge < -0.3 is 14.9 Å². The summed E-state index contributed by atoms with van der Waals surface area (Å²) in [6, 6.07) is 5.62. The third-order valence-corrected chi connectivity index (χ3v) is 4.45. The Hall–Kier alpha value is -3.60. The molecule has 0 fully saturated rings. The first-order valence-corrected chi connectivity index (χ1v) is 9.15. The van der Waals surface area contributed by atoms with Crippen molar-refractivity contribution in [2.45, 2.75) is 20.8 Å². The number of amides is 1. The Morgan fingerprint density at radius 1 is 1.28 bits per heavy atom. The van der Waals surface area contributed by atoms with Crippen LogP contribution >= 0.6 is 11.3 Å². The molecule has 10 nitrogen and oxygen atoms in total. The Morgan fingerprint density at radius 3 is 2.62 bits per heavy atom. The third-order valence-electron chi connectivity index (χ3n) is 3.39. The Kier molecular flexibility index (Phi) is 7.15. The molecule has 1 aromatic heterocycles. The van der Waals surface area contributed by atoms with E-state index in [9.17, 15) is 19.5 Å². The lowest BCUT2D eigenvalue weighted by Gasteiger charge is -2.03. The molecule has 0 aliphatic carbocycles. The van der Waals surface area contributed by atoms with Gasteiger partial charge in [0.2, 0.25) is 0 Å². The van der Waals surface area contributed by atoms with E-state index in [0.717, 1.165) is 11.3 Å². The number of carbonyl (C=O) groups is 3. The topological polar surface area (TPSA) is 151 Å². The number of hydrogen-bond donors (Lipinski definition) is 3. The number of aryl methyl sites for hydroxylation is 1. The molecule has 0 radical (unpaired) electrons. The normalized spacial score (nSPS) is 11.8. The molecule has 0 atom stereocenters. The molecular formula is C18H18N4O6S. The van der Waals surface area contributed by atoms with Crippen LogP contribution in [0.4, 0.5) is 10.8 Å². The number of hydrogen-bond acceptors (Lipinski definition) is 9. The zero-order chi connectivity index (χ0) is 21.6. The summed E-state index contributed by atoms with van der Waals surface area (Å²) in [7, 11) is 0. The summed E-state index contributed by atoms with van der Waals surface area (Å²) in [4.78, 5) is 39.6. The Morgan fingerprint density at radius 2 is 2.00 bits per heavy atom. The average molecular weight is 418 g/mol. The van der Waals surface area contributed by atoms with Crippen molar-refractivity contribution in [2.24, 2.45) is 10.2 Å². The van der Waals surface area contributed by atoms with E-state index in [2.05, 4.69) is 20.5 Å². The molecule has 0 spiro atoms. The average Bonchev–Trinajstić information content (AvgIpc) is 3.02. The molecule has 0 bridgehead atoms. The first-order chi connectivity index (χ1) is 13.7. The van der Waals surface area contributed by atoms with E-state index in [4.69, 9.17) is 9.84 Å². The van der Waals surface area contributed by atoms with Crippen molar-refractivity contribution in [3.05, 3.63) is 51.9 Å². The maximum absolute atomic E-state index is 12.4. The maximum Gasteiger partial charge on any atom is 0.350 e. The van der Waals surface area contributed by atoms with Crippen LogP contribution in [0.1, 0.15) is 39.6 Å². The molecule has 3 N–H and O–H groups in total. The number of aliphatic hydroxyl groups is 1. The van der Waals surface area contributed by atoms with E-state index in [1.165, 1.54) is 31.2 Å². The Bertz CT molecular complexity index is 1010. The van der Waals surface area contributed by atoms with Crippen LogP contribution in [-0.4, -0.2) is 39.6 Å². The smallest absolute Gasteiger partial charge is 0.350 e. The van der Waals surface area contributed by atoms with Crippen molar-refractivity contribution in [2.75, 3.05) is 11.9 Å². The van der Waals surface area contributed by atoms with Crippen LogP contribution in [0.2, 0.25) is 0 Å². The number of anilines is 1. The molecule has 0 aliphatic heterocycles. The number of nitrogens with one attached hydrogen (secondary N) is 1. The van der Waals surface area contributed by atoms with E-state index < -0.39 is 29.3 Å². The van der Waals surface area contributed by atoms with Gasteiger partial charge >= 0.3 is 11.9 Å². The van der Waals surface area contributed by atoms with Crippen LogP contribution in [0, 0.1) is 6.92 Å². The van der Waals surface area contributed by atoms with E-state index >= 15 is 0 Å². The van der Waals surface area contributed by atoms with Gasteiger partial charge in [0.1, 0.15) is 10.6 Å². The standard InChI is InChI=1S/C18H18N4O6S/c1-4-28-17(27)14-9(2)19-18(29-14)20-15(24)13(10(3)23)22-21-12-7-5-6-11(8-12)16(25)26/h5-8,23H,4H2,1-3H3,(H,25,26)(H,19,20,24)/b13-10+,22-21?. The van der Waals surface area contributed by atoms with Crippen molar-refractivity contribution in [3.63, 3.8) is 0 Å². The van der Waals surface area contributed by atoms with Gasteiger partial charge in [0, 0.05) is 0 Å². The van der Waals surface area contributed by atoms with E-state index in [1.807, 2.05) is 0 Å². The van der Waals surface area contributed by atoms with Gasteiger partial charge in [-0.2, -0.15) is 5.11 Å². The van der Waals surface area contributed by atoms with Crippen LogP contribution in [0.5, 0.6) is 0 Å². The summed E-state index contributed by atoms with van der Waals surface area (Å²) in [5.74, 6) is -2.88. The molecule has 29 heavy (non-hydrogen) atoms. The van der Waals surface area contributed by atoms with Gasteiger partial charge in [-0.1, -0.05) is 17.4 Å². The van der Waals surface area contributed by atoms with Gasteiger partial charge in [-0.3, -0.25) is 10.1 Å². The number of azo groups is 1. The largest absolute Gasteiger partial charge is 0.510 e. The zero-order valence-electron chi connectivity index (χ0n) is 15.8. The lowest BCUT2D eigenvalue weighted by Crippen LogP contribution is -2.14. The first-order valence-electron chi connectivity index (χ1n) is 8.33. The number of carboxylic acid groups (broad SMARTS) is 1. The lowest BCUT2D eigenvalue weighted by atomic mass is 10.2. The number of aromatic nitrogens is 1. The van der Waals surface area contributed by atoms with Crippen LogP contribution in [0.3, 0.4) is 0 Å². The summed E-state index contributed by atoms with van der Waals surface area (Å²) in [6.45, 7) is 4.73. The minimum Gasteiger partial charge on any atom is -0.510 e. The number of aliphatic hydroxyl groups excluding tert-OH is 1. The molecule has 11 heteroatoms. The number of ether oxygens (including phenoxy) is 1. The molecule has 1 amide bonds. The Labute approximate surface area is 169 Å². The summed E-state index contributed by atoms with van der Waals surface area (Å²) in [5, 5.41) is 28.9. The predicted molar refractivity (Wildman–Crippen MR) is 105 cm³/mol. The molecular weight excluding hydrogens is 400 g/mol. The van der Waals surface area contributed by atoms with E-state index in [-0.39, 0.29) is 27.9 Å². The Balaban J connectivity index is 2.20. The zero-order valence-corrected chi connectivity index (χ0v) is 16.6. The molecule has 2 rings (SSSR count). The van der Waals surface area contributed by atoms with Gasteiger partial charge in [0.25, 0.3) is 5.91 Å². The van der Waals surface area contributed by atoms with Crippen molar-refractivity contribution in [3.8, 4) is 0 Å². The van der Waals surface area contributed by atoms with Gasteiger partial charge in [-0.25, -0.2) is 14.6 Å². The number of esters is 1. The predicted octanol–water partition coefficient (Wildman–Crippen LogP) is 3.84. The number of nitrogens with zero attached hydrogens (tertiary/aromatic N) is 3. The quantitative estimate of drug-likeness (QED) is 0.267. The molecule has 1 aromatic carbocycles. The highest BCUT2D eigenvalue weighted by Crippen LogP contribution is 2.24. The fraction of sp³-hybridized carbons (Fsp3) is 0.222. The van der Waals surface area contributed by atoms with Crippen molar-refractivity contribution >= 4 is 40.0 Å². The number of aromatic carboxylic acids is 1. The van der Waals surface area contributed by atoms with Crippen LogP contribution in [0.15, 0.2) is 46.0 Å². The molecule has 0 aliphatic rings. The van der Waals surface area contributed by atoms with E-state index in [1.54, 1.807) is 13.8 Å². The first kappa shape index (κ1) is 21.7. The number of allylic oxidation sites excluding steroid dienone is 1. The highest BCUT2D eigenvalue weighted by atomic mass is 32.1. The molecule has 0 saturated carbocycles. The minimum atomic E-state index is -1.13. The van der Waals surface area contributed by atoms with Gasteiger partial charge in [0.05, 0.1) is 23.6 Å². The van der Waals surface area contributed by atoms with Gasteiger partial charge in [-0.15, -0.1) is 5.11 Å². The summed E-state index contributed by atoms with van der Waals surface area (Å²) in [6.07, 6.45) is 0. The summed E-state index contributed by atoms with van der Waals surface area (Å²) >= 11 is 0.925. The number of benzene rings is 1. The molecule has 152 valence electrons. The van der Waals surface area contributed by atoms with E-state index in [0.29, 0.717) is 5.69 Å². The molecule has 0 unspecified atom stereocenters. The van der Waals surface area contributed by atoms with Crippen LogP contribution < -0.4 is 5.32 Å². The minimum absolute atomic E-state index is 0.00177. The summed E-state index contributed by atoms with van der Waals surface area (Å²) < 4.78 is 4.92. The SMILES string of the molecule is CCOC(=O)c1sc(NC(=O)/C(N=Nc2cccc(C(=O)O)c2)=C(/C)O)nc1C. The van der Waals surface area contributed by atoms with Crippen molar-refractivity contribution in [1.29, 1.82) is 0 Å². The van der Waals surface area contributed by atoms with Gasteiger partial charge in [-0.05, 0) is 39.0 Å². The monoisotopic (exact) mass is 418 g/mol. The third kappa shape index (κ3) is 5.69. The van der Waals surface area contributed by atoms with Crippen molar-refractivity contribution in [1.82, 2.24) is 4.98 Å². The second-order valence-electron chi connectivity index (χ2n) is 5.60. The molecule has 0 saturated heterocycles. The lowest BCUT2D eigenvalue weighted by molar-refractivity contribution is -0.113. The maximum atomic E-state index is 12.4. The highest BCUT2D eigenvalue weighted by molar-refractivity contribution is 7.17. The second kappa shape index (κ2) is 9.55. The van der Waals surface area contributed by atoms with Crippen LogP contribution in [-0.2, 0) is 9.53 Å². The second-order valence-corrected chi connectivity index (χ2v) is 6.60.